The Hall–Kier alpha value is -0.570. The van der Waals surface area contributed by atoms with Crippen molar-refractivity contribution >= 4 is 5.91 Å². The van der Waals surface area contributed by atoms with Crippen LogP contribution in [-0.4, -0.2) is 35.5 Å². The van der Waals surface area contributed by atoms with Crippen LogP contribution in [0, 0.1) is 11.8 Å². The zero-order chi connectivity index (χ0) is 13.4. The number of rotatable bonds is 4. The molecule has 0 radical (unpaired) electrons. The highest BCUT2D eigenvalue weighted by Crippen LogP contribution is 2.35. The molecule has 0 bridgehead atoms. The molecule has 3 unspecified atom stereocenters. The van der Waals surface area contributed by atoms with Crippen LogP contribution >= 0.6 is 0 Å². The lowest BCUT2D eigenvalue weighted by Gasteiger charge is -2.40. The van der Waals surface area contributed by atoms with Crippen molar-refractivity contribution in [2.24, 2.45) is 11.8 Å². The summed E-state index contributed by atoms with van der Waals surface area (Å²) in [5.41, 5.74) is 0. The van der Waals surface area contributed by atoms with Crippen molar-refractivity contribution < 1.29 is 4.79 Å². The summed E-state index contributed by atoms with van der Waals surface area (Å²) in [5.74, 6) is 1.82. The lowest BCUT2D eigenvalue weighted by molar-refractivity contribution is -0.133. The van der Waals surface area contributed by atoms with E-state index in [-0.39, 0.29) is 6.04 Å². The smallest absolute Gasteiger partial charge is 0.240 e. The van der Waals surface area contributed by atoms with Gasteiger partial charge < -0.3 is 10.2 Å². The maximum atomic E-state index is 12.6. The Kier molecular flexibility index (Phi) is 3.84. The second kappa shape index (κ2) is 5.43. The van der Waals surface area contributed by atoms with E-state index in [9.17, 15) is 4.79 Å². The summed E-state index contributed by atoms with van der Waals surface area (Å²) in [4.78, 5) is 14.8. The molecule has 0 spiro atoms. The van der Waals surface area contributed by atoms with Crippen molar-refractivity contribution in [2.75, 3.05) is 6.54 Å². The third kappa shape index (κ3) is 2.81. The Labute approximate surface area is 117 Å². The van der Waals surface area contributed by atoms with Crippen LogP contribution in [0.4, 0.5) is 0 Å². The molecule has 108 valence electrons. The fourth-order valence-electron chi connectivity index (χ4n) is 4.02. The number of nitrogens with zero attached hydrogens (tertiary/aromatic N) is 1. The van der Waals surface area contributed by atoms with E-state index in [0.717, 1.165) is 18.9 Å². The van der Waals surface area contributed by atoms with Crippen LogP contribution in [0.15, 0.2) is 0 Å². The number of nitrogens with one attached hydrogen (secondary N) is 1. The third-order valence-corrected chi connectivity index (χ3v) is 5.29. The minimum atomic E-state index is 0.127. The van der Waals surface area contributed by atoms with Crippen LogP contribution in [0.1, 0.15) is 58.8 Å². The molecule has 2 saturated carbocycles. The molecule has 3 fully saturated rings. The number of carbonyl (C=O) groups is 1. The van der Waals surface area contributed by atoms with E-state index in [4.69, 9.17) is 0 Å². The molecule has 1 heterocycles. The first-order chi connectivity index (χ1) is 9.16. The maximum absolute atomic E-state index is 12.6. The zero-order valence-corrected chi connectivity index (χ0v) is 12.4. The molecule has 1 aliphatic heterocycles. The Bertz CT molecular complexity index is 338. The van der Waals surface area contributed by atoms with Gasteiger partial charge in [-0.1, -0.05) is 26.7 Å². The van der Waals surface area contributed by atoms with E-state index in [1.807, 2.05) is 0 Å². The van der Waals surface area contributed by atoms with E-state index < -0.39 is 0 Å². The molecule has 1 N–H and O–H groups in total. The largest absolute Gasteiger partial charge is 0.338 e. The summed E-state index contributed by atoms with van der Waals surface area (Å²) in [6.45, 7) is 5.63. The first kappa shape index (κ1) is 13.4. The van der Waals surface area contributed by atoms with Gasteiger partial charge in [-0.3, -0.25) is 4.79 Å². The van der Waals surface area contributed by atoms with Gasteiger partial charge in [-0.2, -0.15) is 0 Å². The SMILES string of the molecule is CC(C)C1CCCCC1N1CCC(NC2CC2)C1=O. The van der Waals surface area contributed by atoms with E-state index in [1.54, 1.807) is 0 Å². The molecule has 3 nitrogen and oxygen atoms in total. The van der Waals surface area contributed by atoms with Crippen LogP contribution in [0.3, 0.4) is 0 Å². The molecular weight excluding hydrogens is 236 g/mol. The lowest BCUT2D eigenvalue weighted by Crippen LogP contribution is -2.48. The zero-order valence-electron chi connectivity index (χ0n) is 12.4. The number of hydrogen-bond acceptors (Lipinski definition) is 2. The van der Waals surface area contributed by atoms with Gasteiger partial charge in [0, 0.05) is 18.6 Å². The Morgan fingerprint density at radius 2 is 1.84 bits per heavy atom. The van der Waals surface area contributed by atoms with Gasteiger partial charge in [0.05, 0.1) is 6.04 Å². The van der Waals surface area contributed by atoms with Gasteiger partial charge in [-0.05, 0) is 43.9 Å². The molecule has 1 amide bonds. The molecule has 0 aromatic heterocycles. The standard InChI is InChI=1S/C16H28N2O/c1-11(2)13-5-3-4-6-15(13)18-10-9-14(16(18)19)17-12-7-8-12/h11-15,17H,3-10H2,1-2H3. The lowest BCUT2D eigenvalue weighted by atomic mass is 9.77. The minimum Gasteiger partial charge on any atom is -0.338 e. The first-order valence-corrected chi connectivity index (χ1v) is 8.23. The summed E-state index contributed by atoms with van der Waals surface area (Å²) in [7, 11) is 0. The predicted octanol–water partition coefficient (Wildman–Crippen LogP) is 2.55. The van der Waals surface area contributed by atoms with Crippen molar-refractivity contribution in [1.82, 2.24) is 10.2 Å². The Morgan fingerprint density at radius 1 is 1.11 bits per heavy atom. The van der Waals surface area contributed by atoms with Crippen molar-refractivity contribution in [3.63, 3.8) is 0 Å². The van der Waals surface area contributed by atoms with Crippen molar-refractivity contribution in [3.8, 4) is 0 Å². The molecule has 19 heavy (non-hydrogen) atoms. The summed E-state index contributed by atoms with van der Waals surface area (Å²) in [5, 5.41) is 3.52. The second-order valence-corrected chi connectivity index (χ2v) is 7.07. The van der Waals surface area contributed by atoms with Gasteiger partial charge in [0.15, 0.2) is 0 Å². The summed E-state index contributed by atoms with van der Waals surface area (Å²) >= 11 is 0. The van der Waals surface area contributed by atoms with Gasteiger partial charge in [-0.15, -0.1) is 0 Å². The quantitative estimate of drug-likeness (QED) is 0.846. The highest BCUT2D eigenvalue weighted by atomic mass is 16.2. The molecule has 0 aromatic rings. The average Bonchev–Trinajstić information content (AvgIpc) is 3.14. The van der Waals surface area contributed by atoms with Crippen LogP contribution < -0.4 is 5.32 Å². The molecule has 0 aromatic carbocycles. The van der Waals surface area contributed by atoms with E-state index in [2.05, 4.69) is 24.1 Å². The number of hydrogen-bond donors (Lipinski definition) is 1. The van der Waals surface area contributed by atoms with Gasteiger partial charge in [0.2, 0.25) is 5.91 Å². The Morgan fingerprint density at radius 3 is 2.53 bits per heavy atom. The van der Waals surface area contributed by atoms with Gasteiger partial charge in [0.25, 0.3) is 0 Å². The summed E-state index contributed by atoms with van der Waals surface area (Å²) in [6, 6.07) is 1.29. The van der Waals surface area contributed by atoms with Crippen LogP contribution in [0.25, 0.3) is 0 Å². The Balaban J connectivity index is 1.65. The molecule has 3 rings (SSSR count). The number of carbonyl (C=O) groups excluding carboxylic acids is 1. The fourth-order valence-corrected chi connectivity index (χ4v) is 4.02. The van der Waals surface area contributed by atoms with Gasteiger partial charge in [-0.25, -0.2) is 0 Å². The van der Waals surface area contributed by atoms with Crippen molar-refractivity contribution in [2.45, 2.75) is 76.9 Å². The first-order valence-electron chi connectivity index (χ1n) is 8.23. The highest BCUT2D eigenvalue weighted by molar-refractivity contribution is 5.84. The van der Waals surface area contributed by atoms with Crippen molar-refractivity contribution in [3.05, 3.63) is 0 Å². The van der Waals surface area contributed by atoms with Gasteiger partial charge >= 0.3 is 0 Å². The molecule has 2 aliphatic carbocycles. The molecule has 1 saturated heterocycles. The minimum absolute atomic E-state index is 0.127. The van der Waals surface area contributed by atoms with Crippen LogP contribution in [-0.2, 0) is 4.79 Å². The maximum Gasteiger partial charge on any atom is 0.240 e. The normalized spacial score (nSPS) is 36.3. The molecule has 3 aliphatic rings. The molecule has 3 heteroatoms. The molecule has 3 atom stereocenters. The predicted molar refractivity (Wildman–Crippen MR) is 76.9 cm³/mol. The van der Waals surface area contributed by atoms with Gasteiger partial charge in [0.1, 0.15) is 0 Å². The highest BCUT2D eigenvalue weighted by Gasteiger charge is 2.41. The summed E-state index contributed by atoms with van der Waals surface area (Å²) in [6.07, 6.45) is 8.75. The fraction of sp³-hybridized carbons (Fsp3) is 0.938. The summed E-state index contributed by atoms with van der Waals surface area (Å²) < 4.78 is 0. The second-order valence-electron chi connectivity index (χ2n) is 7.07. The third-order valence-electron chi connectivity index (χ3n) is 5.29. The topological polar surface area (TPSA) is 32.3 Å². The van der Waals surface area contributed by atoms with E-state index in [0.29, 0.717) is 23.9 Å². The monoisotopic (exact) mass is 264 g/mol. The molecular formula is C16H28N2O. The number of amides is 1. The van der Waals surface area contributed by atoms with Crippen LogP contribution in [0.2, 0.25) is 0 Å². The average molecular weight is 264 g/mol. The van der Waals surface area contributed by atoms with Crippen molar-refractivity contribution in [1.29, 1.82) is 0 Å². The van der Waals surface area contributed by atoms with E-state index >= 15 is 0 Å². The van der Waals surface area contributed by atoms with Crippen LogP contribution in [0.5, 0.6) is 0 Å². The van der Waals surface area contributed by atoms with E-state index in [1.165, 1.54) is 38.5 Å². The number of likely N-dealkylation sites (tertiary alicyclic amines) is 1.